The Bertz CT molecular complexity index is 774. The van der Waals surface area contributed by atoms with Gasteiger partial charge < -0.3 is 10.4 Å². The van der Waals surface area contributed by atoms with Crippen molar-refractivity contribution in [2.45, 2.75) is 45.4 Å². The van der Waals surface area contributed by atoms with Gasteiger partial charge >= 0.3 is 5.97 Å². The first-order valence-corrected chi connectivity index (χ1v) is 8.62. The van der Waals surface area contributed by atoms with E-state index >= 15 is 0 Å². The number of hydrogen-bond acceptors (Lipinski definition) is 4. The fraction of sp³-hybridized carbons (Fsp3) is 0.444. The van der Waals surface area contributed by atoms with E-state index in [0.717, 1.165) is 0 Å². The number of rotatable bonds is 9. The van der Waals surface area contributed by atoms with Crippen LogP contribution in [0.25, 0.3) is 5.69 Å². The van der Waals surface area contributed by atoms with Crippen LogP contribution < -0.4 is 5.32 Å². The van der Waals surface area contributed by atoms with Crippen molar-refractivity contribution in [1.29, 1.82) is 0 Å². The molecule has 0 spiro atoms. The molecule has 1 heterocycles. The van der Waals surface area contributed by atoms with E-state index < -0.39 is 17.7 Å². The normalized spacial score (nSPS) is 10.9. The molecule has 2 aromatic rings. The van der Waals surface area contributed by atoms with Crippen LogP contribution in [0.3, 0.4) is 0 Å². The van der Waals surface area contributed by atoms with Crippen molar-refractivity contribution >= 4 is 11.9 Å². The molecule has 1 aromatic heterocycles. The summed E-state index contributed by atoms with van der Waals surface area (Å²) in [5, 5.41) is 15.5. The van der Waals surface area contributed by atoms with E-state index in [4.69, 9.17) is 5.11 Å². The van der Waals surface area contributed by atoms with E-state index in [1.54, 1.807) is 18.2 Å². The molecule has 26 heavy (non-hydrogen) atoms. The molecule has 2 N–H and O–H groups in total. The Kier molecular flexibility index (Phi) is 6.82. The predicted molar refractivity (Wildman–Crippen MR) is 93.8 cm³/mol. The Morgan fingerprint density at radius 2 is 1.96 bits per heavy atom. The second-order valence-electron chi connectivity index (χ2n) is 6.27. The standard InChI is InChI=1S/C18H23FN4O3/c1-12(2)17-21-16(18(26)20-11-7-3-4-10-15(24)25)22-23(17)14-9-6-5-8-13(14)19/h5-6,8-9,12H,3-4,7,10-11H2,1-2H3,(H,20,26)(H,24,25). The number of hydrogen-bond donors (Lipinski definition) is 2. The summed E-state index contributed by atoms with van der Waals surface area (Å²) in [6.45, 7) is 4.20. The molecule has 0 fully saturated rings. The molecular weight excluding hydrogens is 339 g/mol. The smallest absolute Gasteiger partial charge is 0.303 e. The number of nitrogens with zero attached hydrogens (tertiary/aromatic N) is 3. The summed E-state index contributed by atoms with van der Waals surface area (Å²) in [4.78, 5) is 27.0. The quantitative estimate of drug-likeness (QED) is 0.669. The molecule has 0 saturated carbocycles. The highest BCUT2D eigenvalue weighted by Gasteiger charge is 2.20. The number of para-hydroxylation sites is 1. The molecule has 0 atom stereocenters. The first-order chi connectivity index (χ1) is 12.4. The monoisotopic (exact) mass is 362 g/mol. The molecule has 1 aromatic carbocycles. The van der Waals surface area contributed by atoms with Crippen molar-refractivity contribution in [2.75, 3.05) is 6.54 Å². The van der Waals surface area contributed by atoms with Gasteiger partial charge in [-0.05, 0) is 25.0 Å². The minimum absolute atomic E-state index is 0.0116. The number of halogens is 1. The SMILES string of the molecule is CC(C)c1nc(C(=O)NCCCCCC(=O)O)nn1-c1ccccc1F. The van der Waals surface area contributed by atoms with Gasteiger partial charge in [0, 0.05) is 18.9 Å². The molecule has 0 radical (unpaired) electrons. The molecule has 0 aliphatic rings. The van der Waals surface area contributed by atoms with Gasteiger partial charge in [0.2, 0.25) is 5.82 Å². The maximum absolute atomic E-state index is 14.1. The molecule has 0 saturated heterocycles. The summed E-state index contributed by atoms with van der Waals surface area (Å²) in [5.74, 6) is -1.24. The molecule has 0 bridgehead atoms. The molecule has 0 unspecified atom stereocenters. The zero-order valence-corrected chi connectivity index (χ0v) is 14.9. The molecule has 7 nitrogen and oxygen atoms in total. The summed E-state index contributed by atoms with van der Waals surface area (Å²) in [5.41, 5.74) is 0.247. The fourth-order valence-corrected chi connectivity index (χ4v) is 2.45. The Morgan fingerprint density at radius 1 is 1.23 bits per heavy atom. The third-order valence-corrected chi connectivity index (χ3v) is 3.79. The van der Waals surface area contributed by atoms with Gasteiger partial charge in [0.05, 0.1) is 0 Å². The lowest BCUT2D eigenvalue weighted by Crippen LogP contribution is -2.25. The molecule has 8 heteroatoms. The van der Waals surface area contributed by atoms with Crippen LogP contribution in [0.5, 0.6) is 0 Å². The third-order valence-electron chi connectivity index (χ3n) is 3.79. The van der Waals surface area contributed by atoms with E-state index in [1.165, 1.54) is 10.7 Å². The Morgan fingerprint density at radius 3 is 2.62 bits per heavy atom. The summed E-state index contributed by atoms with van der Waals surface area (Å²) >= 11 is 0. The Hall–Kier alpha value is -2.77. The molecule has 0 aliphatic carbocycles. The lowest BCUT2D eigenvalue weighted by atomic mass is 10.2. The van der Waals surface area contributed by atoms with Crippen LogP contribution in [0.1, 0.15) is 61.9 Å². The van der Waals surface area contributed by atoms with E-state index in [0.29, 0.717) is 31.6 Å². The number of carbonyl (C=O) groups is 2. The largest absolute Gasteiger partial charge is 0.481 e. The lowest BCUT2D eigenvalue weighted by Gasteiger charge is -2.08. The topological polar surface area (TPSA) is 97.1 Å². The maximum atomic E-state index is 14.1. The van der Waals surface area contributed by atoms with Crippen LogP contribution in [0.2, 0.25) is 0 Å². The second-order valence-corrected chi connectivity index (χ2v) is 6.27. The van der Waals surface area contributed by atoms with Crippen molar-refractivity contribution in [1.82, 2.24) is 20.1 Å². The van der Waals surface area contributed by atoms with Crippen molar-refractivity contribution in [3.63, 3.8) is 0 Å². The first kappa shape index (κ1) is 19.6. The number of carboxylic acid groups (broad SMARTS) is 1. The Labute approximate surface area is 151 Å². The number of carboxylic acids is 1. The number of aromatic nitrogens is 3. The van der Waals surface area contributed by atoms with Crippen LogP contribution in [-0.4, -0.2) is 38.3 Å². The van der Waals surface area contributed by atoms with Crippen molar-refractivity contribution < 1.29 is 19.1 Å². The van der Waals surface area contributed by atoms with Gasteiger partial charge in [-0.3, -0.25) is 9.59 Å². The fourth-order valence-electron chi connectivity index (χ4n) is 2.45. The van der Waals surface area contributed by atoms with Crippen molar-refractivity contribution in [2.24, 2.45) is 0 Å². The molecule has 140 valence electrons. The summed E-state index contributed by atoms with van der Waals surface area (Å²) in [6.07, 6.45) is 2.08. The highest BCUT2D eigenvalue weighted by atomic mass is 19.1. The average molecular weight is 362 g/mol. The van der Waals surface area contributed by atoms with Gasteiger partial charge in [-0.2, -0.15) is 0 Å². The summed E-state index contributed by atoms with van der Waals surface area (Å²) < 4.78 is 15.4. The number of benzene rings is 1. The van der Waals surface area contributed by atoms with Gasteiger partial charge in [-0.25, -0.2) is 14.1 Å². The minimum atomic E-state index is -0.821. The van der Waals surface area contributed by atoms with E-state index in [9.17, 15) is 14.0 Å². The summed E-state index contributed by atoms with van der Waals surface area (Å²) in [7, 11) is 0. The number of unbranched alkanes of at least 4 members (excludes halogenated alkanes) is 2. The lowest BCUT2D eigenvalue weighted by molar-refractivity contribution is -0.137. The van der Waals surface area contributed by atoms with Gasteiger partial charge in [0.1, 0.15) is 17.3 Å². The highest BCUT2D eigenvalue weighted by molar-refractivity contribution is 5.90. The Balaban J connectivity index is 2.04. The number of aliphatic carboxylic acids is 1. The number of nitrogens with one attached hydrogen (secondary N) is 1. The van der Waals surface area contributed by atoms with Crippen LogP contribution in [0, 0.1) is 5.82 Å². The third kappa shape index (κ3) is 5.11. The van der Waals surface area contributed by atoms with Gasteiger partial charge in [0.15, 0.2) is 0 Å². The second kappa shape index (κ2) is 9.07. The zero-order chi connectivity index (χ0) is 19.1. The van der Waals surface area contributed by atoms with Crippen LogP contribution in [-0.2, 0) is 4.79 Å². The van der Waals surface area contributed by atoms with Crippen molar-refractivity contribution in [3.05, 3.63) is 41.7 Å². The molecule has 0 aliphatic heterocycles. The zero-order valence-electron chi connectivity index (χ0n) is 14.9. The first-order valence-electron chi connectivity index (χ1n) is 8.62. The number of carbonyl (C=O) groups excluding carboxylic acids is 1. The van der Waals surface area contributed by atoms with Gasteiger partial charge in [-0.1, -0.05) is 32.4 Å². The van der Waals surface area contributed by atoms with Crippen LogP contribution >= 0.6 is 0 Å². The van der Waals surface area contributed by atoms with E-state index in [2.05, 4.69) is 15.4 Å². The molecule has 1 amide bonds. The van der Waals surface area contributed by atoms with E-state index in [-0.39, 0.29) is 23.9 Å². The predicted octanol–water partition coefficient (Wildman–Crippen LogP) is 2.90. The molecular formula is C18H23FN4O3. The van der Waals surface area contributed by atoms with Gasteiger partial charge in [0.25, 0.3) is 5.91 Å². The maximum Gasteiger partial charge on any atom is 0.303 e. The minimum Gasteiger partial charge on any atom is -0.481 e. The van der Waals surface area contributed by atoms with Crippen LogP contribution in [0.4, 0.5) is 4.39 Å². The van der Waals surface area contributed by atoms with E-state index in [1.807, 2.05) is 13.8 Å². The highest BCUT2D eigenvalue weighted by Crippen LogP contribution is 2.19. The van der Waals surface area contributed by atoms with Crippen LogP contribution in [0.15, 0.2) is 24.3 Å². The summed E-state index contributed by atoms with van der Waals surface area (Å²) in [6, 6.07) is 6.20. The molecule has 2 rings (SSSR count). The van der Waals surface area contributed by atoms with Crippen molar-refractivity contribution in [3.8, 4) is 5.69 Å². The number of amides is 1. The average Bonchev–Trinajstić information content (AvgIpc) is 3.03. The van der Waals surface area contributed by atoms with Gasteiger partial charge in [-0.15, -0.1) is 5.10 Å².